The van der Waals surface area contributed by atoms with Crippen molar-refractivity contribution in [1.29, 1.82) is 0 Å². The molecule has 2 amide bonds. The Morgan fingerprint density at radius 2 is 2.28 bits per heavy atom. The number of amides is 2. The number of thiophene rings is 1. The van der Waals surface area contributed by atoms with E-state index in [0.717, 1.165) is 6.42 Å². The standard InChI is InChI=1S/C12H18N2O3S/c1-9(7-10-4-6-18-8-10)14-12(17)13-5-2-3-11(15)16/h4,6,8-9H,2-3,5,7H2,1H3,(H,15,16)(H2,13,14,17). The number of hydrogen-bond acceptors (Lipinski definition) is 3. The van der Waals surface area contributed by atoms with Gasteiger partial charge in [0, 0.05) is 19.0 Å². The highest BCUT2D eigenvalue weighted by Crippen LogP contribution is 2.08. The van der Waals surface area contributed by atoms with Gasteiger partial charge in [0.2, 0.25) is 0 Å². The molecule has 0 aliphatic rings. The van der Waals surface area contributed by atoms with Crippen molar-refractivity contribution in [2.24, 2.45) is 0 Å². The van der Waals surface area contributed by atoms with Gasteiger partial charge in [0.05, 0.1) is 0 Å². The van der Waals surface area contributed by atoms with Gasteiger partial charge >= 0.3 is 12.0 Å². The number of rotatable bonds is 7. The first-order chi connectivity index (χ1) is 8.58. The Labute approximate surface area is 110 Å². The van der Waals surface area contributed by atoms with E-state index in [0.29, 0.717) is 13.0 Å². The lowest BCUT2D eigenvalue weighted by atomic mass is 10.1. The number of hydrogen-bond donors (Lipinski definition) is 3. The molecule has 1 atom stereocenters. The molecule has 1 rings (SSSR count). The van der Waals surface area contributed by atoms with Crippen molar-refractivity contribution >= 4 is 23.3 Å². The molecule has 0 bridgehead atoms. The van der Waals surface area contributed by atoms with Crippen LogP contribution in [0.15, 0.2) is 16.8 Å². The SMILES string of the molecule is CC(Cc1ccsc1)NC(=O)NCCCC(=O)O. The molecular formula is C12H18N2O3S. The molecule has 1 unspecified atom stereocenters. The number of aliphatic carboxylic acids is 1. The van der Waals surface area contributed by atoms with Gasteiger partial charge in [0.15, 0.2) is 0 Å². The second-order valence-corrected chi connectivity index (χ2v) is 4.91. The molecule has 0 aromatic carbocycles. The molecule has 5 nitrogen and oxygen atoms in total. The number of carboxylic acid groups (broad SMARTS) is 1. The molecule has 18 heavy (non-hydrogen) atoms. The first-order valence-electron chi connectivity index (χ1n) is 5.85. The van der Waals surface area contributed by atoms with Crippen molar-refractivity contribution in [2.75, 3.05) is 6.54 Å². The lowest BCUT2D eigenvalue weighted by Crippen LogP contribution is -2.42. The van der Waals surface area contributed by atoms with Crippen molar-refractivity contribution in [3.05, 3.63) is 22.4 Å². The maximum absolute atomic E-state index is 11.5. The Balaban J connectivity index is 2.13. The van der Waals surface area contributed by atoms with Gasteiger partial charge in [-0.15, -0.1) is 0 Å². The zero-order valence-electron chi connectivity index (χ0n) is 10.3. The lowest BCUT2D eigenvalue weighted by molar-refractivity contribution is -0.137. The highest BCUT2D eigenvalue weighted by molar-refractivity contribution is 7.07. The second-order valence-electron chi connectivity index (χ2n) is 4.13. The third-order valence-corrected chi connectivity index (χ3v) is 3.08. The van der Waals surface area contributed by atoms with Crippen LogP contribution in [-0.4, -0.2) is 29.7 Å². The summed E-state index contributed by atoms with van der Waals surface area (Å²) in [7, 11) is 0. The van der Waals surface area contributed by atoms with E-state index < -0.39 is 5.97 Å². The van der Waals surface area contributed by atoms with Gasteiger partial charge in [-0.3, -0.25) is 4.79 Å². The second kappa shape index (κ2) is 7.71. The van der Waals surface area contributed by atoms with Gasteiger partial charge < -0.3 is 15.7 Å². The van der Waals surface area contributed by atoms with E-state index >= 15 is 0 Å². The van der Waals surface area contributed by atoms with Crippen molar-refractivity contribution in [1.82, 2.24) is 10.6 Å². The third-order valence-electron chi connectivity index (χ3n) is 2.35. The monoisotopic (exact) mass is 270 g/mol. The fourth-order valence-electron chi connectivity index (χ4n) is 1.53. The topological polar surface area (TPSA) is 78.4 Å². The first-order valence-corrected chi connectivity index (χ1v) is 6.79. The highest BCUT2D eigenvalue weighted by atomic mass is 32.1. The van der Waals surface area contributed by atoms with E-state index in [4.69, 9.17) is 5.11 Å². The van der Waals surface area contributed by atoms with Crippen LogP contribution in [-0.2, 0) is 11.2 Å². The van der Waals surface area contributed by atoms with Gasteiger partial charge in [-0.1, -0.05) is 0 Å². The van der Waals surface area contributed by atoms with Gasteiger partial charge in [-0.05, 0) is 42.2 Å². The number of urea groups is 1. The van der Waals surface area contributed by atoms with Crippen LogP contribution in [0, 0.1) is 0 Å². The summed E-state index contributed by atoms with van der Waals surface area (Å²) in [5.41, 5.74) is 1.21. The van der Waals surface area contributed by atoms with Crippen LogP contribution < -0.4 is 10.6 Å². The molecule has 0 saturated heterocycles. The van der Waals surface area contributed by atoms with Crippen LogP contribution in [0.1, 0.15) is 25.3 Å². The van der Waals surface area contributed by atoms with Crippen LogP contribution in [0.3, 0.4) is 0 Å². The molecule has 6 heteroatoms. The molecule has 1 aromatic heterocycles. The quantitative estimate of drug-likeness (QED) is 0.662. The third kappa shape index (κ3) is 6.24. The molecular weight excluding hydrogens is 252 g/mol. The maximum Gasteiger partial charge on any atom is 0.315 e. The molecule has 1 aromatic rings. The minimum absolute atomic E-state index is 0.0547. The van der Waals surface area contributed by atoms with Crippen molar-refractivity contribution < 1.29 is 14.7 Å². The lowest BCUT2D eigenvalue weighted by Gasteiger charge is -2.13. The predicted molar refractivity (Wildman–Crippen MR) is 70.9 cm³/mol. The van der Waals surface area contributed by atoms with E-state index in [-0.39, 0.29) is 18.5 Å². The van der Waals surface area contributed by atoms with E-state index in [2.05, 4.69) is 16.0 Å². The van der Waals surface area contributed by atoms with Gasteiger partial charge in [-0.25, -0.2) is 4.79 Å². The summed E-state index contributed by atoms with van der Waals surface area (Å²) in [6.45, 7) is 2.32. The molecule has 0 spiro atoms. The number of nitrogens with one attached hydrogen (secondary N) is 2. The molecule has 0 aliphatic carbocycles. The summed E-state index contributed by atoms with van der Waals surface area (Å²) < 4.78 is 0. The highest BCUT2D eigenvalue weighted by Gasteiger charge is 2.07. The summed E-state index contributed by atoms with van der Waals surface area (Å²) >= 11 is 1.64. The average molecular weight is 270 g/mol. The fourth-order valence-corrected chi connectivity index (χ4v) is 2.21. The number of carboxylic acids is 1. The van der Waals surface area contributed by atoms with Gasteiger partial charge in [0.25, 0.3) is 0 Å². The molecule has 0 aliphatic heterocycles. The zero-order valence-corrected chi connectivity index (χ0v) is 11.1. The Morgan fingerprint density at radius 3 is 2.89 bits per heavy atom. The molecule has 0 saturated carbocycles. The Hall–Kier alpha value is -1.56. The van der Waals surface area contributed by atoms with E-state index in [1.165, 1.54) is 5.56 Å². The van der Waals surface area contributed by atoms with E-state index in [1.54, 1.807) is 11.3 Å². The molecule has 1 heterocycles. The normalized spacial score (nSPS) is 11.8. The zero-order chi connectivity index (χ0) is 13.4. The maximum atomic E-state index is 11.5. The van der Waals surface area contributed by atoms with Crippen molar-refractivity contribution in [3.63, 3.8) is 0 Å². The van der Waals surface area contributed by atoms with E-state index in [1.807, 2.05) is 18.4 Å². The minimum Gasteiger partial charge on any atom is -0.481 e. The summed E-state index contributed by atoms with van der Waals surface area (Å²) in [6.07, 6.45) is 1.32. The Kier molecular flexibility index (Phi) is 6.21. The predicted octanol–water partition coefficient (Wildman–Crippen LogP) is 1.84. The summed E-state index contributed by atoms with van der Waals surface area (Å²) in [5, 5.41) is 18.0. The Bertz CT molecular complexity index is 379. The largest absolute Gasteiger partial charge is 0.481 e. The molecule has 100 valence electrons. The summed E-state index contributed by atoms with van der Waals surface area (Å²) in [5.74, 6) is -0.844. The van der Waals surface area contributed by atoms with Crippen LogP contribution in [0.5, 0.6) is 0 Å². The molecule has 0 radical (unpaired) electrons. The van der Waals surface area contributed by atoms with Crippen LogP contribution in [0.25, 0.3) is 0 Å². The number of carbonyl (C=O) groups excluding carboxylic acids is 1. The first kappa shape index (κ1) is 14.5. The smallest absolute Gasteiger partial charge is 0.315 e. The van der Waals surface area contributed by atoms with Crippen LogP contribution >= 0.6 is 11.3 Å². The van der Waals surface area contributed by atoms with Crippen LogP contribution in [0.4, 0.5) is 4.79 Å². The summed E-state index contributed by atoms with van der Waals surface area (Å²) in [6, 6.07) is 1.84. The number of carbonyl (C=O) groups is 2. The summed E-state index contributed by atoms with van der Waals surface area (Å²) in [4.78, 5) is 21.7. The minimum atomic E-state index is -0.844. The molecule has 3 N–H and O–H groups in total. The van der Waals surface area contributed by atoms with Crippen LogP contribution in [0.2, 0.25) is 0 Å². The van der Waals surface area contributed by atoms with Crippen molar-refractivity contribution in [3.8, 4) is 0 Å². The van der Waals surface area contributed by atoms with Gasteiger partial charge in [0.1, 0.15) is 0 Å². The molecule has 0 fully saturated rings. The van der Waals surface area contributed by atoms with Crippen molar-refractivity contribution in [2.45, 2.75) is 32.2 Å². The van der Waals surface area contributed by atoms with Gasteiger partial charge in [-0.2, -0.15) is 11.3 Å². The average Bonchev–Trinajstić information content (AvgIpc) is 2.76. The Morgan fingerprint density at radius 1 is 1.50 bits per heavy atom. The fraction of sp³-hybridized carbons (Fsp3) is 0.500. The van der Waals surface area contributed by atoms with E-state index in [9.17, 15) is 9.59 Å².